The third kappa shape index (κ3) is 13.2. The van der Waals surface area contributed by atoms with E-state index in [9.17, 15) is 0 Å². The quantitative estimate of drug-likeness (QED) is 0.234. The molecule has 4 rings (SSSR count). The molecule has 0 N–H and O–H groups in total. The summed E-state index contributed by atoms with van der Waals surface area (Å²) in [5.74, 6) is 0. The predicted octanol–water partition coefficient (Wildman–Crippen LogP) is -13.4. The predicted molar refractivity (Wildman–Crippen MR) is 77.4 cm³/mol. The fourth-order valence-electron chi connectivity index (χ4n) is 3.23. The summed E-state index contributed by atoms with van der Waals surface area (Å²) in [5.41, 5.74) is 6.39. The van der Waals surface area contributed by atoms with Gasteiger partial charge in [-0.1, -0.05) is 51.4 Å². The normalized spacial score (nSPS) is 12.0. The van der Waals surface area contributed by atoms with E-state index in [4.69, 9.17) is 0 Å². The van der Waals surface area contributed by atoms with Crippen LogP contribution in [0.5, 0.6) is 0 Å². The summed E-state index contributed by atoms with van der Waals surface area (Å²) < 4.78 is 0. The minimum atomic E-state index is 0. The Hall–Kier alpha value is 2.78. The van der Waals surface area contributed by atoms with Crippen molar-refractivity contribution in [3.8, 4) is 0 Å². The van der Waals surface area contributed by atoms with Gasteiger partial charge in [0.1, 0.15) is 0 Å². The van der Waals surface area contributed by atoms with Crippen molar-refractivity contribution in [1.29, 1.82) is 0 Å². The van der Waals surface area contributed by atoms with Crippen molar-refractivity contribution in [3.63, 3.8) is 0 Å². The van der Waals surface area contributed by atoms with Gasteiger partial charge in [-0.3, -0.25) is 0 Å². The summed E-state index contributed by atoms with van der Waals surface area (Å²) >= 11 is 0. The molecule has 2 aromatic rings. The van der Waals surface area contributed by atoms with Crippen molar-refractivity contribution in [2.45, 2.75) is 51.4 Å². The van der Waals surface area contributed by atoms with E-state index in [1.807, 2.05) is 0 Å². The molecule has 2 aliphatic rings. The average Bonchev–Trinajstić information content (AvgIpc) is 3.08. The van der Waals surface area contributed by atoms with Gasteiger partial charge in [-0.2, -0.15) is 46.5 Å². The number of fused-ring (bicyclic) bond motifs is 2. The molecule has 144 valence electrons. The van der Waals surface area contributed by atoms with E-state index in [-0.39, 0.29) is 141 Å². The Morgan fingerprint density at radius 3 is 1.15 bits per heavy atom. The standard InChI is InChI=1S/2C9H11.3BrH.3ClH.2Zr/c2*1-2-5-9-7-3-6-8(9)4-1;;;;;;;;/h2*3,6-7H,1-2,4-5H2;6*1H;;/q2*-1;;;;;;;2*+4/p-6. The van der Waals surface area contributed by atoms with Crippen LogP contribution >= 0.6 is 0 Å². The monoisotopic (exact) mass is 760 g/mol. The van der Waals surface area contributed by atoms with Crippen molar-refractivity contribution >= 4 is 0 Å². The van der Waals surface area contributed by atoms with Crippen molar-refractivity contribution < 1.29 is 141 Å². The summed E-state index contributed by atoms with van der Waals surface area (Å²) in [5, 5.41) is 0. The molecule has 0 aliphatic heterocycles. The Morgan fingerprint density at radius 1 is 0.538 bits per heavy atom. The molecule has 0 atom stereocenters. The second kappa shape index (κ2) is 24.0. The van der Waals surface area contributed by atoms with E-state index >= 15 is 0 Å². The zero-order valence-corrected chi connectivity index (χ0v) is 26.3. The molecule has 2 aliphatic carbocycles. The van der Waals surface area contributed by atoms with Crippen LogP contribution < -0.4 is 88.2 Å². The second-order valence-corrected chi connectivity index (χ2v) is 5.57. The van der Waals surface area contributed by atoms with Crippen LogP contribution in [-0.2, 0) is 78.1 Å². The third-order valence-corrected chi connectivity index (χ3v) is 4.30. The van der Waals surface area contributed by atoms with Gasteiger partial charge < -0.3 is 88.2 Å². The molecule has 0 bridgehead atoms. The number of hydrogen-bond donors (Lipinski definition) is 0. The first-order valence-electron chi connectivity index (χ1n) is 7.40. The van der Waals surface area contributed by atoms with Gasteiger partial charge in [-0.15, -0.1) is 0 Å². The van der Waals surface area contributed by atoms with Crippen molar-refractivity contribution in [1.82, 2.24) is 0 Å². The van der Waals surface area contributed by atoms with Crippen LogP contribution in [0.15, 0.2) is 36.4 Å². The molecule has 0 amide bonds. The molecule has 0 radical (unpaired) electrons. The van der Waals surface area contributed by atoms with Gasteiger partial charge in [0.05, 0.1) is 0 Å². The summed E-state index contributed by atoms with van der Waals surface area (Å²) in [7, 11) is 0. The largest absolute Gasteiger partial charge is 4.00 e. The summed E-state index contributed by atoms with van der Waals surface area (Å²) in [4.78, 5) is 0. The van der Waals surface area contributed by atoms with E-state index < -0.39 is 0 Å². The maximum absolute atomic E-state index is 2.26. The molecule has 0 fully saturated rings. The third-order valence-electron chi connectivity index (χ3n) is 4.30. The molecule has 0 heterocycles. The number of halogens is 6. The molecule has 0 spiro atoms. The molecule has 8 heteroatoms. The van der Waals surface area contributed by atoms with Gasteiger partial charge in [0.15, 0.2) is 0 Å². The van der Waals surface area contributed by atoms with E-state index in [0.29, 0.717) is 0 Å². The smallest absolute Gasteiger partial charge is 1.00 e. The Morgan fingerprint density at radius 2 is 0.846 bits per heavy atom. The SMILES string of the molecule is [Br-].[Br-].[Br-].[Cl-].[Cl-].[Cl-].[Zr+4].[Zr+4].c1cc2c([cH-]1)CCCC2.c1cc2c([cH-]1)CCCC2. The zero-order chi connectivity index (χ0) is 12.2. The maximum Gasteiger partial charge on any atom is 4.00 e. The average molecular weight is 767 g/mol. The van der Waals surface area contributed by atoms with Crippen molar-refractivity contribution in [3.05, 3.63) is 58.7 Å². The van der Waals surface area contributed by atoms with E-state index in [0.717, 1.165) is 0 Å². The van der Waals surface area contributed by atoms with E-state index in [1.165, 1.54) is 51.4 Å². The maximum atomic E-state index is 2.26. The zero-order valence-electron chi connectivity index (χ0n) is 14.4. The molecule has 0 aromatic heterocycles. The van der Waals surface area contributed by atoms with Gasteiger partial charge >= 0.3 is 52.4 Å². The van der Waals surface area contributed by atoms with Crippen LogP contribution in [0, 0.1) is 0 Å². The topological polar surface area (TPSA) is 0 Å². The molecule has 2 aromatic carbocycles. The first-order chi connectivity index (χ1) is 8.93. The molecule has 0 unspecified atom stereocenters. The van der Waals surface area contributed by atoms with Crippen LogP contribution in [0.4, 0.5) is 0 Å². The Kier molecular flexibility index (Phi) is 39.6. The van der Waals surface area contributed by atoms with E-state index in [2.05, 4.69) is 36.4 Å². The summed E-state index contributed by atoms with van der Waals surface area (Å²) in [6, 6.07) is 13.4. The van der Waals surface area contributed by atoms with Gasteiger partial charge in [0, 0.05) is 0 Å². The summed E-state index contributed by atoms with van der Waals surface area (Å²) in [6.45, 7) is 0. The second-order valence-electron chi connectivity index (χ2n) is 5.57. The number of aryl methyl sites for hydroxylation is 4. The molecular weight excluding hydrogens is 745 g/mol. The van der Waals surface area contributed by atoms with Crippen LogP contribution in [0.2, 0.25) is 0 Å². The van der Waals surface area contributed by atoms with Gasteiger partial charge in [0.25, 0.3) is 0 Å². The van der Waals surface area contributed by atoms with Crippen LogP contribution in [0.3, 0.4) is 0 Å². The van der Waals surface area contributed by atoms with Gasteiger partial charge in [-0.05, 0) is 0 Å². The van der Waals surface area contributed by atoms with Crippen molar-refractivity contribution in [2.24, 2.45) is 0 Å². The fourth-order valence-corrected chi connectivity index (χ4v) is 3.23. The molecule has 26 heavy (non-hydrogen) atoms. The Bertz CT molecular complexity index is 432. The van der Waals surface area contributed by atoms with Crippen LogP contribution in [0.25, 0.3) is 0 Å². The number of hydrogen-bond acceptors (Lipinski definition) is 0. The van der Waals surface area contributed by atoms with Gasteiger partial charge in [0.2, 0.25) is 0 Å². The molecule has 0 nitrogen and oxygen atoms in total. The minimum absolute atomic E-state index is 0. The van der Waals surface area contributed by atoms with Crippen LogP contribution in [-0.4, -0.2) is 0 Å². The summed E-state index contributed by atoms with van der Waals surface area (Å²) in [6.07, 6.45) is 10.9. The number of rotatable bonds is 0. The molecule has 0 saturated carbocycles. The first kappa shape index (κ1) is 42.8. The Balaban J connectivity index is -0.0000000588. The molecular formula is C18H22Br3Cl3Zr2. The van der Waals surface area contributed by atoms with Gasteiger partial charge in [-0.25, -0.2) is 12.1 Å². The fraction of sp³-hybridized carbons (Fsp3) is 0.444. The van der Waals surface area contributed by atoms with Crippen molar-refractivity contribution in [2.75, 3.05) is 0 Å². The minimum Gasteiger partial charge on any atom is -1.00 e. The molecule has 0 saturated heterocycles. The first-order valence-corrected chi connectivity index (χ1v) is 7.40. The Labute approximate surface area is 247 Å². The van der Waals surface area contributed by atoms with E-state index in [1.54, 1.807) is 22.3 Å². The van der Waals surface area contributed by atoms with Crippen LogP contribution in [0.1, 0.15) is 47.9 Å².